The first-order valence-corrected chi connectivity index (χ1v) is 5.60. The van der Waals surface area contributed by atoms with E-state index in [0.29, 0.717) is 12.0 Å². The van der Waals surface area contributed by atoms with Gasteiger partial charge in [-0.15, -0.1) is 0 Å². The van der Waals surface area contributed by atoms with Gasteiger partial charge in [0.2, 0.25) is 0 Å². The van der Waals surface area contributed by atoms with E-state index in [1.807, 2.05) is 0 Å². The number of nitrogens with two attached hydrogens (primary N) is 1. The van der Waals surface area contributed by atoms with Crippen LogP contribution in [0.2, 0.25) is 0 Å². The van der Waals surface area contributed by atoms with Gasteiger partial charge in [-0.05, 0) is 12.3 Å². The summed E-state index contributed by atoms with van der Waals surface area (Å²) in [5, 5.41) is 3.32. The molecule has 0 radical (unpaired) electrons. The molecule has 0 bridgehead atoms. The SMILES string of the molecule is CCC1CN(C2=NCCN2)CCC1N. The minimum atomic E-state index is 0.387. The largest absolute Gasteiger partial charge is 0.354 e. The van der Waals surface area contributed by atoms with Crippen molar-refractivity contribution in [1.29, 1.82) is 0 Å². The molecule has 2 atom stereocenters. The molecule has 0 aromatic rings. The van der Waals surface area contributed by atoms with E-state index in [9.17, 15) is 0 Å². The molecule has 4 nitrogen and oxygen atoms in total. The maximum Gasteiger partial charge on any atom is 0.194 e. The van der Waals surface area contributed by atoms with Crippen LogP contribution in [-0.2, 0) is 0 Å². The highest BCUT2D eigenvalue weighted by molar-refractivity contribution is 5.81. The number of nitrogens with one attached hydrogen (secondary N) is 1. The first kappa shape index (κ1) is 9.77. The number of nitrogens with zero attached hydrogens (tertiary/aromatic N) is 2. The minimum Gasteiger partial charge on any atom is -0.354 e. The lowest BCUT2D eigenvalue weighted by atomic mass is 9.91. The topological polar surface area (TPSA) is 53.6 Å². The Bertz CT molecular complexity index is 226. The van der Waals surface area contributed by atoms with E-state index in [4.69, 9.17) is 5.73 Å². The van der Waals surface area contributed by atoms with Crippen molar-refractivity contribution in [3.63, 3.8) is 0 Å². The average molecular weight is 196 g/mol. The van der Waals surface area contributed by atoms with Crippen molar-refractivity contribution in [3.8, 4) is 0 Å². The van der Waals surface area contributed by atoms with Crippen LogP contribution in [0.4, 0.5) is 0 Å². The van der Waals surface area contributed by atoms with Gasteiger partial charge in [0.1, 0.15) is 0 Å². The molecule has 2 rings (SSSR count). The Kier molecular flexibility index (Phi) is 2.91. The Morgan fingerprint density at radius 1 is 1.64 bits per heavy atom. The lowest BCUT2D eigenvalue weighted by Gasteiger charge is -2.37. The summed E-state index contributed by atoms with van der Waals surface area (Å²) in [6, 6.07) is 0.387. The van der Waals surface area contributed by atoms with Crippen LogP contribution in [0.15, 0.2) is 4.99 Å². The molecule has 0 amide bonds. The molecule has 4 heteroatoms. The van der Waals surface area contributed by atoms with Crippen molar-refractivity contribution in [3.05, 3.63) is 0 Å². The molecule has 2 heterocycles. The molecule has 0 aromatic heterocycles. The van der Waals surface area contributed by atoms with Crippen LogP contribution in [0.5, 0.6) is 0 Å². The molecule has 14 heavy (non-hydrogen) atoms. The summed E-state index contributed by atoms with van der Waals surface area (Å²) in [7, 11) is 0. The highest BCUT2D eigenvalue weighted by Crippen LogP contribution is 2.18. The van der Waals surface area contributed by atoms with Crippen LogP contribution in [0.3, 0.4) is 0 Å². The molecule has 0 spiro atoms. The van der Waals surface area contributed by atoms with Crippen LogP contribution in [0, 0.1) is 5.92 Å². The predicted octanol–water partition coefficient (Wildman–Crippen LogP) is 0.00480. The van der Waals surface area contributed by atoms with Gasteiger partial charge in [-0.2, -0.15) is 0 Å². The number of hydrogen-bond donors (Lipinski definition) is 2. The highest BCUT2D eigenvalue weighted by Gasteiger charge is 2.27. The number of aliphatic imine (C=N–C) groups is 1. The lowest BCUT2D eigenvalue weighted by Crippen LogP contribution is -2.51. The van der Waals surface area contributed by atoms with Gasteiger partial charge in [0.15, 0.2) is 5.96 Å². The van der Waals surface area contributed by atoms with Gasteiger partial charge in [0.05, 0.1) is 6.54 Å². The van der Waals surface area contributed by atoms with Crippen molar-refractivity contribution in [1.82, 2.24) is 10.2 Å². The molecule has 1 fully saturated rings. The molecular formula is C10H20N4. The fourth-order valence-corrected chi connectivity index (χ4v) is 2.27. The van der Waals surface area contributed by atoms with Crippen LogP contribution in [0.25, 0.3) is 0 Å². The summed E-state index contributed by atoms with van der Waals surface area (Å²) in [6.07, 6.45) is 2.27. The molecular weight excluding hydrogens is 176 g/mol. The summed E-state index contributed by atoms with van der Waals surface area (Å²) in [6.45, 7) is 6.27. The molecule has 2 aliphatic heterocycles. The van der Waals surface area contributed by atoms with Gasteiger partial charge in [-0.1, -0.05) is 13.3 Å². The smallest absolute Gasteiger partial charge is 0.194 e. The van der Waals surface area contributed by atoms with E-state index in [0.717, 1.165) is 38.6 Å². The Labute approximate surface area is 85.6 Å². The fraction of sp³-hybridized carbons (Fsp3) is 0.900. The van der Waals surface area contributed by atoms with E-state index in [2.05, 4.69) is 22.1 Å². The third-order valence-corrected chi connectivity index (χ3v) is 3.27. The Morgan fingerprint density at radius 3 is 3.14 bits per heavy atom. The second-order valence-corrected chi connectivity index (χ2v) is 4.20. The summed E-state index contributed by atoms with van der Waals surface area (Å²) in [5.74, 6) is 1.73. The molecule has 2 aliphatic rings. The van der Waals surface area contributed by atoms with Crippen LogP contribution < -0.4 is 11.1 Å². The maximum absolute atomic E-state index is 6.06. The second kappa shape index (κ2) is 4.17. The Hall–Kier alpha value is -0.770. The molecule has 2 unspecified atom stereocenters. The zero-order chi connectivity index (χ0) is 9.97. The van der Waals surface area contributed by atoms with Crippen molar-refractivity contribution in [2.45, 2.75) is 25.8 Å². The van der Waals surface area contributed by atoms with Crippen LogP contribution in [0.1, 0.15) is 19.8 Å². The van der Waals surface area contributed by atoms with E-state index in [-0.39, 0.29) is 0 Å². The van der Waals surface area contributed by atoms with Gasteiger partial charge >= 0.3 is 0 Å². The first-order valence-electron chi connectivity index (χ1n) is 5.60. The minimum absolute atomic E-state index is 0.387. The molecule has 80 valence electrons. The van der Waals surface area contributed by atoms with E-state index >= 15 is 0 Å². The number of rotatable bonds is 1. The Balaban J connectivity index is 1.95. The van der Waals surface area contributed by atoms with Gasteiger partial charge in [0, 0.05) is 25.7 Å². The highest BCUT2D eigenvalue weighted by atomic mass is 15.3. The molecule has 3 N–H and O–H groups in total. The van der Waals surface area contributed by atoms with Crippen molar-refractivity contribution < 1.29 is 0 Å². The Morgan fingerprint density at radius 2 is 2.50 bits per heavy atom. The van der Waals surface area contributed by atoms with E-state index in [1.165, 1.54) is 6.42 Å². The summed E-state index contributed by atoms with van der Waals surface area (Å²) >= 11 is 0. The third-order valence-electron chi connectivity index (χ3n) is 3.27. The third kappa shape index (κ3) is 1.85. The molecule has 0 aromatic carbocycles. The van der Waals surface area contributed by atoms with Gasteiger partial charge < -0.3 is 16.0 Å². The first-order chi connectivity index (χ1) is 6.81. The normalized spacial score (nSPS) is 32.7. The van der Waals surface area contributed by atoms with Gasteiger partial charge in [-0.3, -0.25) is 4.99 Å². The van der Waals surface area contributed by atoms with Crippen LogP contribution in [-0.4, -0.2) is 43.1 Å². The van der Waals surface area contributed by atoms with Gasteiger partial charge in [0.25, 0.3) is 0 Å². The van der Waals surface area contributed by atoms with Crippen molar-refractivity contribution >= 4 is 5.96 Å². The van der Waals surface area contributed by atoms with E-state index < -0.39 is 0 Å². The van der Waals surface area contributed by atoms with Crippen molar-refractivity contribution in [2.24, 2.45) is 16.6 Å². The fourth-order valence-electron chi connectivity index (χ4n) is 2.27. The monoisotopic (exact) mass is 196 g/mol. The maximum atomic E-state index is 6.06. The lowest BCUT2D eigenvalue weighted by molar-refractivity contribution is 0.219. The van der Waals surface area contributed by atoms with E-state index in [1.54, 1.807) is 0 Å². The average Bonchev–Trinajstić information content (AvgIpc) is 2.71. The molecule has 1 saturated heterocycles. The quantitative estimate of drug-likeness (QED) is 0.621. The zero-order valence-electron chi connectivity index (χ0n) is 8.87. The standard InChI is InChI=1S/C10H20N4/c1-2-8-7-14(6-3-9(8)11)10-12-4-5-13-10/h8-9H,2-7,11H2,1H3,(H,12,13). The number of likely N-dealkylation sites (tertiary alicyclic amines) is 1. The van der Waals surface area contributed by atoms with Crippen molar-refractivity contribution in [2.75, 3.05) is 26.2 Å². The van der Waals surface area contributed by atoms with Crippen LogP contribution >= 0.6 is 0 Å². The zero-order valence-corrected chi connectivity index (χ0v) is 8.87. The summed E-state index contributed by atoms with van der Waals surface area (Å²) in [5.41, 5.74) is 6.06. The number of hydrogen-bond acceptors (Lipinski definition) is 4. The number of piperidine rings is 1. The molecule has 0 saturated carbocycles. The summed E-state index contributed by atoms with van der Waals surface area (Å²) in [4.78, 5) is 6.80. The predicted molar refractivity (Wildman–Crippen MR) is 58.3 cm³/mol. The molecule has 0 aliphatic carbocycles. The van der Waals surface area contributed by atoms with Gasteiger partial charge in [-0.25, -0.2) is 0 Å². The second-order valence-electron chi connectivity index (χ2n) is 4.20. The number of guanidine groups is 1. The summed E-state index contributed by atoms with van der Waals surface area (Å²) < 4.78 is 0.